The van der Waals surface area contributed by atoms with Gasteiger partial charge in [-0.3, -0.25) is 0 Å². The molecule has 1 aromatic rings. The molecule has 0 saturated heterocycles. The van der Waals surface area contributed by atoms with Crippen LogP contribution in [0.1, 0.15) is 45.1 Å². The van der Waals surface area contributed by atoms with Crippen LogP contribution in [-0.4, -0.2) is 29.5 Å². The maximum atomic E-state index is 13.0. The van der Waals surface area contributed by atoms with Gasteiger partial charge in [-0.15, -0.1) is 0 Å². The minimum absolute atomic E-state index is 0.140. The number of hydrogen-bond donors (Lipinski definition) is 0. The summed E-state index contributed by atoms with van der Waals surface area (Å²) in [4.78, 5) is 0. The largest absolute Gasteiger partial charge is 0.379 e. The Kier molecular flexibility index (Phi) is 11.2. The molecule has 22 heavy (non-hydrogen) atoms. The van der Waals surface area contributed by atoms with Gasteiger partial charge in [0, 0.05) is 13.2 Å². The molecule has 0 atom stereocenters. The first kappa shape index (κ1) is 19.3. The molecule has 0 spiro atoms. The lowest BCUT2D eigenvalue weighted by Gasteiger charge is -2.17. The predicted molar refractivity (Wildman–Crippen MR) is 90.0 cm³/mol. The Morgan fingerprint density at radius 3 is 2.45 bits per heavy atom. The Balaban J connectivity index is 1.97. The fourth-order valence-electron chi connectivity index (χ4n) is 2.25. The van der Waals surface area contributed by atoms with Gasteiger partial charge in [-0.1, -0.05) is 31.4 Å². The molecular formula is C17H29FO3Si. The highest BCUT2D eigenvalue weighted by atomic mass is 28.2. The lowest BCUT2D eigenvalue weighted by molar-refractivity contribution is -0.243. The number of aryl methyl sites for hydroxylation is 1. The molecule has 3 nitrogen and oxygen atoms in total. The van der Waals surface area contributed by atoms with Crippen molar-refractivity contribution in [2.24, 2.45) is 0 Å². The minimum Gasteiger partial charge on any atom is -0.379 e. The van der Waals surface area contributed by atoms with Crippen LogP contribution in [0.4, 0.5) is 4.39 Å². The summed E-state index contributed by atoms with van der Waals surface area (Å²) in [5.41, 5.74) is 1.09. The Bertz CT molecular complexity index is 384. The van der Waals surface area contributed by atoms with E-state index in [0.717, 1.165) is 24.4 Å². The van der Waals surface area contributed by atoms with Crippen LogP contribution in [0.3, 0.4) is 0 Å². The van der Waals surface area contributed by atoms with E-state index < -0.39 is 16.2 Å². The molecule has 0 amide bonds. The van der Waals surface area contributed by atoms with Gasteiger partial charge in [0.2, 0.25) is 0 Å². The average molecular weight is 328 g/mol. The molecule has 0 aliphatic rings. The van der Waals surface area contributed by atoms with E-state index in [1.807, 2.05) is 19.9 Å². The summed E-state index contributed by atoms with van der Waals surface area (Å²) in [6.45, 7) is 4.64. The maximum Gasteiger partial charge on any atom is 0.261 e. The summed E-state index contributed by atoms with van der Waals surface area (Å²) in [5.74, 6) is -0.140. The Morgan fingerprint density at radius 2 is 1.77 bits per heavy atom. The van der Waals surface area contributed by atoms with Crippen LogP contribution in [0.2, 0.25) is 6.04 Å². The summed E-state index contributed by atoms with van der Waals surface area (Å²) < 4.78 is 29.4. The van der Waals surface area contributed by atoms with Crippen molar-refractivity contribution < 1.29 is 18.3 Å². The lowest BCUT2D eigenvalue weighted by atomic mass is 10.1. The topological polar surface area (TPSA) is 27.7 Å². The lowest BCUT2D eigenvalue weighted by Crippen LogP contribution is -2.22. The highest BCUT2D eigenvalue weighted by molar-refractivity contribution is 6.27. The molecule has 0 saturated carbocycles. The number of unbranched alkanes of at least 4 members (excludes halogenated alkanes) is 3. The molecule has 0 aliphatic heterocycles. The fraction of sp³-hybridized carbons (Fsp3) is 0.647. The van der Waals surface area contributed by atoms with Crippen LogP contribution >= 0.6 is 0 Å². The molecule has 0 bridgehead atoms. The van der Waals surface area contributed by atoms with Gasteiger partial charge in [-0.25, -0.2) is 4.39 Å². The number of ether oxygens (including phenoxy) is 2. The third-order valence-corrected chi connectivity index (χ3v) is 4.65. The van der Waals surface area contributed by atoms with Crippen molar-refractivity contribution in [2.45, 2.75) is 58.5 Å². The van der Waals surface area contributed by atoms with Crippen molar-refractivity contribution in [2.75, 3.05) is 13.2 Å². The van der Waals surface area contributed by atoms with Gasteiger partial charge in [0.05, 0.1) is 0 Å². The SMILES string of the molecule is CCOC(OCC)O[SiH2]CCCCCCc1cccc(F)c1. The molecule has 0 N–H and O–H groups in total. The molecule has 0 aromatic heterocycles. The highest BCUT2D eigenvalue weighted by Crippen LogP contribution is 2.10. The smallest absolute Gasteiger partial charge is 0.261 e. The molecule has 0 radical (unpaired) electrons. The van der Waals surface area contributed by atoms with Crippen LogP contribution in [-0.2, 0) is 20.3 Å². The van der Waals surface area contributed by atoms with Gasteiger partial charge in [0.1, 0.15) is 5.82 Å². The second-order valence-electron chi connectivity index (χ2n) is 5.22. The van der Waals surface area contributed by atoms with Crippen molar-refractivity contribution >= 4 is 9.76 Å². The van der Waals surface area contributed by atoms with E-state index in [2.05, 4.69) is 0 Å². The zero-order chi connectivity index (χ0) is 16.0. The van der Waals surface area contributed by atoms with Crippen LogP contribution in [0, 0.1) is 5.82 Å². The van der Waals surface area contributed by atoms with Crippen molar-refractivity contribution in [3.63, 3.8) is 0 Å². The number of hydrogen-bond acceptors (Lipinski definition) is 3. The Hall–Kier alpha value is -0.753. The van der Waals surface area contributed by atoms with E-state index >= 15 is 0 Å². The van der Waals surface area contributed by atoms with Crippen LogP contribution in [0.15, 0.2) is 24.3 Å². The fourth-order valence-corrected chi connectivity index (χ4v) is 3.36. The van der Waals surface area contributed by atoms with E-state index in [1.165, 1.54) is 25.3 Å². The molecule has 0 heterocycles. The Morgan fingerprint density at radius 1 is 1.05 bits per heavy atom. The standard InChI is InChI=1S/C17H29FO3Si/c1-3-19-17(20-4-2)21-22-13-8-6-5-7-10-15-11-9-12-16(18)14-15/h9,11-12,14,17H,3-8,10,13,22H2,1-2H3. The van der Waals surface area contributed by atoms with Gasteiger partial charge >= 0.3 is 0 Å². The van der Waals surface area contributed by atoms with Gasteiger partial charge in [-0.2, -0.15) is 0 Å². The highest BCUT2D eigenvalue weighted by Gasteiger charge is 2.06. The van der Waals surface area contributed by atoms with Crippen molar-refractivity contribution in [3.05, 3.63) is 35.6 Å². The van der Waals surface area contributed by atoms with E-state index in [1.54, 1.807) is 12.1 Å². The first-order valence-electron chi connectivity index (χ1n) is 8.35. The second kappa shape index (κ2) is 12.8. The summed E-state index contributed by atoms with van der Waals surface area (Å²) in [6, 6.07) is 8.04. The van der Waals surface area contributed by atoms with E-state index in [-0.39, 0.29) is 5.82 Å². The van der Waals surface area contributed by atoms with Gasteiger partial charge < -0.3 is 13.9 Å². The molecule has 0 unspecified atom stereocenters. The molecule has 0 aliphatic carbocycles. The zero-order valence-electron chi connectivity index (χ0n) is 13.9. The third-order valence-electron chi connectivity index (χ3n) is 3.36. The normalized spacial score (nSPS) is 11.8. The second-order valence-corrected chi connectivity index (χ2v) is 6.67. The third kappa shape index (κ3) is 9.30. The Labute approximate surface area is 136 Å². The number of rotatable bonds is 13. The van der Waals surface area contributed by atoms with Crippen LogP contribution in [0.25, 0.3) is 0 Å². The van der Waals surface area contributed by atoms with E-state index in [9.17, 15) is 4.39 Å². The van der Waals surface area contributed by atoms with E-state index in [4.69, 9.17) is 13.9 Å². The van der Waals surface area contributed by atoms with Crippen LogP contribution < -0.4 is 0 Å². The van der Waals surface area contributed by atoms with Crippen molar-refractivity contribution in [1.82, 2.24) is 0 Å². The van der Waals surface area contributed by atoms with E-state index in [0.29, 0.717) is 13.2 Å². The molecule has 1 rings (SSSR count). The maximum absolute atomic E-state index is 13.0. The average Bonchev–Trinajstić information content (AvgIpc) is 2.50. The first-order valence-corrected chi connectivity index (χ1v) is 9.93. The number of halogens is 1. The van der Waals surface area contributed by atoms with Crippen molar-refractivity contribution in [1.29, 1.82) is 0 Å². The molecule has 1 aromatic carbocycles. The quantitative estimate of drug-likeness (QED) is 0.313. The molecule has 5 heteroatoms. The van der Waals surface area contributed by atoms with Crippen molar-refractivity contribution in [3.8, 4) is 0 Å². The monoisotopic (exact) mass is 328 g/mol. The number of benzene rings is 1. The predicted octanol–water partition coefficient (Wildman–Crippen LogP) is 3.80. The zero-order valence-corrected chi connectivity index (χ0v) is 15.3. The van der Waals surface area contributed by atoms with Gasteiger partial charge in [0.15, 0.2) is 9.76 Å². The molecule has 126 valence electrons. The van der Waals surface area contributed by atoms with Gasteiger partial charge in [0.25, 0.3) is 6.48 Å². The minimum atomic E-state index is -0.567. The summed E-state index contributed by atoms with van der Waals surface area (Å²) >= 11 is 0. The summed E-state index contributed by atoms with van der Waals surface area (Å²) in [7, 11) is -0.567. The molecular weight excluding hydrogens is 299 g/mol. The first-order chi connectivity index (χ1) is 10.8. The van der Waals surface area contributed by atoms with Crippen LogP contribution in [0.5, 0.6) is 0 Å². The molecule has 0 fully saturated rings. The summed E-state index contributed by atoms with van der Waals surface area (Å²) in [5, 5.41) is 0. The van der Waals surface area contributed by atoms with Gasteiger partial charge in [-0.05, 0) is 50.4 Å². The summed E-state index contributed by atoms with van der Waals surface area (Å²) in [6.07, 6.45) is 5.67.